The average Bonchev–Trinajstić information content (AvgIpc) is 2.40. The Labute approximate surface area is 105 Å². The van der Waals surface area contributed by atoms with Crippen molar-refractivity contribution in [1.82, 2.24) is 4.98 Å². The number of carbonyl (C=O) groups is 1. The van der Waals surface area contributed by atoms with E-state index in [1.165, 1.54) is 4.90 Å². The van der Waals surface area contributed by atoms with Gasteiger partial charge in [-0.3, -0.25) is 9.78 Å². The van der Waals surface area contributed by atoms with Crippen LogP contribution in [0.3, 0.4) is 0 Å². The third kappa shape index (κ3) is 3.17. The Morgan fingerprint density at radius 2 is 2.00 bits per heavy atom. The molecule has 0 aliphatic carbocycles. The quantitative estimate of drug-likeness (QED) is 0.610. The van der Waals surface area contributed by atoms with Crippen LogP contribution in [0.15, 0.2) is 53.7 Å². The van der Waals surface area contributed by atoms with E-state index in [-0.39, 0.29) is 5.78 Å². The zero-order valence-electron chi connectivity index (χ0n) is 9.59. The number of carbonyl (C=O) groups excluding carboxylic acids is 1. The van der Waals surface area contributed by atoms with E-state index in [4.69, 9.17) is 0 Å². The Hall–Kier alpha value is -1.61. The first-order chi connectivity index (χ1) is 8.29. The normalized spacial score (nSPS) is 10.2. The molecule has 3 heteroatoms. The van der Waals surface area contributed by atoms with E-state index < -0.39 is 0 Å². The van der Waals surface area contributed by atoms with Crippen LogP contribution >= 0.6 is 11.8 Å². The lowest BCUT2D eigenvalue weighted by Crippen LogP contribution is -2.03. The van der Waals surface area contributed by atoms with Gasteiger partial charge in [-0.2, -0.15) is 0 Å². The molecule has 0 fully saturated rings. The minimum Gasteiger partial charge on any atom is -0.294 e. The minimum atomic E-state index is 0.106. The summed E-state index contributed by atoms with van der Waals surface area (Å²) < 4.78 is 0. The molecule has 0 bridgehead atoms. The summed E-state index contributed by atoms with van der Waals surface area (Å²) >= 11 is 1.70. The van der Waals surface area contributed by atoms with Crippen LogP contribution in [0.1, 0.15) is 15.9 Å². The monoisotopic (exact) mass is 243 g/mol. The molecule has 0 atom stereocenters. The molecule has 0 radical (unpaired) electrons. The smallest absolute Gasteiger partial charge is 0.168 e. The lowest BCUT2D eigenvalue weighted by Gasteiger charge is -2.02. The summed E-state index contributed by atoms with van der Waals surface area (Å²) in [4.78, 5) is 17.1. The first-order valence-corrected chi connectivity index (χ1v) is 6.58. The fourth-order valence-corrected chi connectivity index (χ4v) is 1.97. The number of hydrogen-bond acceptors (Lipinski definition) is 3. The maximum atomic E-state index is 11.9. The zero-order valence-corrected chi connectivity index (χ0v) is 10.4. The molecule has 17 heavy (non-hydrogen) atoms. The molecule has 0 aliphatic rings. The number of nitrogens with zero attached hydrogens (tertiary/aromatic N) is 1. The Morgan fingerprint density at radius 3 is 2.59 bits per heavy atom. The van der Waals surface area contributed by atoms with Crippen LogP contribution in [0, 0.1) is 0 Å². The van der Waals surface area contributed by atoms with Gasteiger partial charge in [0.15, 0.2) is 5.78 Å². The van der Waals surface area contributed by atoms with E-state index in [9.17, 15) is 4.79 Å². The molecule has 2 nitrogen and oxygen atoms in total. The van der Waals surface area contributed by atoms with Crippen LogP contribution in [-0.2, 0) is 6.42 Å². The summed E-state index contributed by atoms with van der Waals surface area (Å²) in [7, 11) is 0. The van der Waals surface area contributed by atoms with Gasteiger partial charge in [0.05, 0.1) is 0 Å². The van der Waals surface area contributed by atoms with Gasteiger partial charge in [-0.05, 0) is 36.1 Å². The van der Waals surface area contributed by atoms with Crippen molar-refractivity contribution in [1.29, 1.82) is 0 Å². The lowest BCUT2D eigenvalue weighted by atomic mass is 10.0. The maximum Gasteiger partial charge on any atom is 0.168 e. The Balaban J connectivity index is 2.08. The van der Waals surface area contributed by atoms with Gasteiger partial charge in [-0.25, -0.2) is 0 Å². The van der Waals surface area contributed by atoms with Crippen LogP contribution in [-0.4, -0.2) is 17.0 Å². The standard InChI is InChI=1S/C14H13NOS/c1-17-13-6-4-11(5-7-13)9-14(16)12-3-2-8-15-10-12/h2-8,10H,9H2,1H3. The van der Waals surface area contributed by atoms with Crippen LogP contribution in [0.25, 0.3) is 0 Å². The summed E-state index contributed by atoms with van der Waals surface area (Å²) in [5, 5.41) is 0. The Morgan fingerprint density at radius 1 is 1.24 bits per heavy atom. The summed E-state index contributed by atoms with van der Waals surface area (Å²) in [6.45, 7) is 0. The number of benzene rings is 1. The van der Waals surface area contributed by atoms with E-state index >= 15 is 0 Å². The van der Waals surface area contributed by atoms with Crippen molar-refractivity contribution >= 4 is 17.5 Å². The van der Waals surface area contributed by atoms with Gasteiger partial charge in [-0.15, -0.1) is 11.8 Å². The summed E-state index contributed by atoms with van der Waals surface area (Å²) in [5.74, 6) is 0.106. The maximum absolute atomic E-state index is 11.9. The zero-order chi connectivity index (χ0) is 12.1. The highest BCUT2D eigenvalue weighted by Gasteiger charge is 2.06. The largest absolute Gasteiger partial charge is 0.294 e. The molecule has 0 N–H and O–H groups in total. The van der Waals surface area contributed by atoms with Gasteiger partial charge >= 0.3 is 0 Å². The number of Topliss-reactive ketones (excluding diaryl/α,β-unsaturated/α-hetero) is 1. The van der Waals surface area contributed by atoms with Crippen LogP contribution in [0.2, 0.25) is 0 Å². The Bertz CT molecular complexity index is 493. The van der Waals surface area contributed by atoms with Crippen LogP contribution in [0.4, 0.5) is 0 Å². The van der Waals surface area contributed by atoms with E-state index in [0.29, 0.717) is 12.0 Å². The van der Waals surface area contributed by atoms with Crippen LogP contribution in [0.5, 0.6) is 0 Å². The van der Waals surface area contributed by atoms with Crippen molar-refractivity contribution < 1.29 is 4.79 Å². The van der Waals surface area contributed by atoms with Gasteiger partial charge in [-0.1, -0.05) is 12.1 Å². The molecule has 1 aromatic heterocycles. The van der Waals surface area contributed by atoms with Gasteiger partial charge in [0, 0.05) is 29.3 Å². The molecule has 0 amide bonds. The molecule has 0 unspecified atom stereocenters. The van der Waals surface area contributed by atoms with Crippen LogP contribution < -0.4 is 0 Å². The average molecular weight is 243 g/mol. The first kappa shape index (κ1) is 11.9. The number of thioether (sulfide) groups is 1. The van der Waals surface area contributed by atoms with Gasteiger partial charge < -0.3 is 0 Å². The van der Waals surface area contributed by atoms with Crippen molar-refractivity contribution in [2.75, 3.05) is 6.26 Å². The second kappa shape index (κ2) is 5.64. The van der Waals surface area contributed by atoms with Gasteiger partial charge in [0.25, 0.3) is 0 Å². The molecule has 1 heterocycles. The van der Waals surface area contributed by atoms with E-state index in [0.717, 1.165) is 5.56 Å². The number of rotatable bonds is 4. The highest BCUT2D eigenvalue weighted by atomic mass is 32.2. The van der Waals surface area contributed by atoms with E-state index in [1.54, 1.807) is 36.3 Å². The fraction of sp³-hybridized carbons (Fsp3) is 0.143. The van der Waals surface area contributed by atoms with E-state index in [2.05, 4.69) is 4.98 Å². The first-order valence-electron chi connectivity index (χ1n) is 5.36. The molecule has 0 saturated carbocycles. The van der Waals surface area contributed by atoms with E-state index in [1.807, 2.05) is 30.5 Å². The fourth-order valence-electron chi connectivity index (χ4n) is 1.56. The molecule has 2 rings (SSSR count). The Kier molecular flexibility index (Phi) is 3.94. The van der Waals surface area contributed by atoms with Gasteiger partial charge in [0.1, 0.15) is 0 Å². The molecule has 2 aromatic rings. The number of hydrogen-bond donors (Lipinski definition) is 0. The molecule has 86 valence electrons. The molecule has 0 aliphatic heterocycles. The predicted molar refractivity (Wildman–Crippen MR) is 70.5 cm³/mol. The second-order valence-electron chi connectivity index (χ2n) is 3.69. The summed E-state index contributed by atoms with van der Waals surface area (Å²) in [6.07, 6.45) is 5.75. The molecule has 0 spiro atoms. The second-order valence-corrected chi connectivity index (χ2v) is 4.57. The topological polar surface area (TPSA) is 30.0 Å². The summed E-state index contributed by atoms with van der Waals surface area (Å²) in [5.41, 5.74) is 1.71. The van der Waals surface area contributed by atoms with Gasteiger partial charge in [0.2, 0.25) is 0 Å². The van der Waals surface area contributed by atoms with Crippen molar-refractivity contribution in [2.45, 2.75) is 11.3 Å². The molecule has 1 aromatic carbocycles. The highest BCUT2D eigenvalue weighted by Crippen LogP contribution is 2.15. The third-order valence-electron chi connectivity index (χ3n) is 2.51. The summed E-state index contributed by atoms with van der Waals surface area (Å²) in [6, 6.07) is 11.7. The SMILES string of the molecule is CSc1ccc(CC(=O)c2cccnc2)cc1. The van der Waals surface area contributed by atoms with Crippen molar-refractivity contribution in [3.63, 3.8) is 0 Å². The van der Waals surface area contributed by atoms with Crippen molar-refractivity contribution in [3.05, 3.63) is 59.9 Å². The van der Waals surface area contributed by atoms with Crippen molar-refractivity contribution in [3.8, 4) is 0 Å². The number of aromatic nitrogens is 1. The highest BCUT2D eigenvalue weighted by molar-refractivity contribution is 7.98. The predicted octanol–water partition coefficient (Wildman–Crippen LogP) is 3.23. The molecular formula is C14H13NOS. The number of ketones is 1. The molecule has 0 saturated heterocycles. The lowest BCUT2D eigenvalue weighted by molar-refractivity contribution is 0.0992. The molecular weight excluding hydrogens is 230 g/mol. The van der Waals surface area contributed by atoms with Crippen molar-refractivity contribution in [2.24, 2.45) is 0 Å². The third-order valence-corrected chi connectivity index (χ3v) is 3.25. The minimum absolute atomic E-state index is 0.106. The number of pyridine rings is 1.